The highest BCUT2D eigenvalue weighted by Crippen LogP contribution is 2.10. The summed E-state index contributed by atoms with van der Waals surface area (Å²) in [5.41, 5.74) is 6.69. The molecule has 3 heteroatoms. The maximum absolute atomic E-state index is 11.7. The molecule has 0 saturated heterocycles. The van der Waals surface area contributed by atoms with E-state index in [2.05, 4.69) is 0 Å². The van der Waals surface area contributed by atoms with Gasteiger partial charge in [-0.15, -0.1) is 0 Å². The molecule has 0 aromatic rings. The molecule has 0 aromatic carbocycles. The van der Waals surface area contributed by atoms with E-state index in [0.717, 1.165) is 5.57 Å². The van der Waals surface area contributed by atoms with E-state index in [0.29, 0.717) is 12.0 Å². The van der Waals surface area contributed by atoms with E-state index < -0.39 is 5.91 Å². The van der Waals surface area contributed by atoms with Crippen molar-refractivity contribution in [3.8, 4) is 0 Å². The molecular formula is C11H17NO2. The van der Waals surface area contributed by atoms with Gasteiger partial charge in [-0.25, -0.2) is 0 Å². The van der Waals surface area contributed by atoms with Crippen molar-refractivity contribution in [1.29, 1.82) is 0 Å². The summed E-state index contributed by atoms with van der Waals surface area (Å²) >= 11 is 0. The molecule has 2 N–H and O–H groups in total. The quantitative estimate of drug-likeness (QED) is 0.422. The third kappa shape index (κ3) is 3.17. The first-order valence-corrected chi connectivity index (χ1v) is 4.60. The molecule has 0 heterocycles. The molecule has 0 aliphatic rings. The van der Waals surface area contributed by atoms with E-state index in [-0.39, 0.29) is 11.4 Å². The first-order valence-electron chi connectivity index (χ1n) is 4.60. The molecule has 3 nitrogen and oxygen atoms in total. The summed E-state index contributed by atoms with van der Waals surface area (Å²) in [6.07, 6.45) is 2.19. The Labute approximate surface area is 84.7 Å². The predicted molar refractivity (Wildman–Crippen MR) is 56.6 cm³/mol. The maximum Gasteiger partial charge on any atom is 0.252 e. The molecule has 1 amide bonds. The minimum atomic E-state index is -0.655. The Morgan fingerprint density at radius 3 is 2.00 bits per heavy atom. The summed E-state index contributed by atoms with van der Waals surface area (Å²) in [5.74, 6) is -0.920. The fourth-order valence-electron chi connectivity index (χ4n) is 0.938. The SMILES string of the molecule is CC/C=C(/C(N)=O)C(=O)C(C)=C(C)C. The molecule has 0 rings (SSSR count). The van der Waals surface area contributed by atoms with E-state index in [9.17, 15) is 9.59 Å². The number of hydrogen-bond acceptors (Lipinski definition) is 2. The Kier molecular flexibility index (Phi) is 4.84. The first kappa shape index (κ1) is 12.6. The molecule has 0 aliphatic carbocycles. The highest BCUT2D eigenvalue weighted by Gasteiger charge is 2.16. The molecule has 0 unspecified atom stereocenters. The summed E-state index contributed by atoms with van der Waals surface area (Å²) in [6, 6.07) is 0. The van der Waals surface area contributed by atoms with Gasteiger partial charge in [-0.05, 0) is 32.8 Å². The number of carbonyl (C=O) groups excluding carboxylic acids is 2. The van der Waals surface area contributed by atoms with E-state index in [1.54, 1.807) is 13.0 Å². The van der Waals surface area contributed by atoms with Gasteiger partial charge in [-0.3, -0.25) is 9.59 Å². The number of amides is 1. The number of rotatable bonds is 4. The molecular weight excluding hydrogens is 178 g/mol. The zero-order valence-electron chi connectivity index (χ0n) is 9.18. The zero-order valence-corrected chi connectivity index (χ0v) is 9.18. The number of carbonyl (C=O) groups is 2. The monoisotopic (exact) mass is 195 g/mol. The smallest absolute Gasteiger partial charge is 0.252 e. The third-order valence-corrected chi connectivity index (χ3v) is 2.01. The molecule has 0 saturated carbocycles. The van der Waals surface area contributed by atoms with Crippen molar-refractivity contribution in [2.45, 2.75) is 34.1 Å². The lowest BCUT2D eigenvalue weighted by molar-refractivity contribution is -0.119. The molecule has 0 aromatic heterocycles. The van der Waals surface area contributed by atoms with Crippen LogP contribution in [0, 0.1) is 0 Å². The van der Waals surface area contributed by atoms with Crippen LogP contribution in [0.2, 0.25) is 0 Å². The largest absolute Gasteiger partial charge is 0.365 e. The number of primary amides is 1. The number of hydrogen-bond donors (Lipinski definition) is 1. The van der Waals surface area contributed by atoms with E-state index in [1.807, 2.05) is 20.8 Å². The van der Waals surface area contributed by atoms with Gasteiger partial charge in [-0.1, -0.05) is 18.6 Å². The van der Waals surface area contributed by atoms with Gasteiger partial charge < -0.3 is 5.73 Å². The van der Waals surface area contributed by atoms with Crippen LogP contribution in [0.15, 0.2) is 22.8 Å². The summed E-state index contributed by atoms with van der Waals surface area (Å²) in [4.78, 5) is 22.7. The van der Waals surface area contributed by atoms with Gasteiger partial charge in [0, 0.05) is 0 Å². The van der Waals surface area contributed by atoms with Gasteiger partial charge in [0.1, 0.15) is 0 Å². The Hall–Kier alpha value is -1.38. The van der Waals surface area contributed by atoms with Crippen molar-refractivity contribution in [3.63, 3.8) is 0 Å². The minimum absolute atomic E-state index is 0.0891. The molecule has 0 spiro atoms. The van der Waals surface area contributed by atoms with Crippen molar-refractivity contribution in [2.24, 2.45) is 5.73 Å². The first-order chi connectivity index (χ1) is 6.41. The zero-order chi connectivity index (χ0) is 11.3. The van der Waals surface area contributed by atoms with Gasteiger partial charge in [0.2, 0.25) is 0 Å². The second-order valence-electron chi connectivity index (χ2n) is 3.34. The van der Waals surface area contributed by atoms with E-state index >= 15 is 0 Å². The van der Waals surface area contributed by atoms with Crippen LogP contribution in [0.1, 0.15) is 34.1 Å². The predicted octanol–water partition coefficient (Wildman–Crippen LogP) is 1.73. The fourth-order valence-corrected chi connectivity index (χ4v) is 0.938. The van der Waals surface area contributed by atoms with Crippen molar-refractivity contribution in [3.05, 3.63) is 22.8 Å². The van der Waals surface area contributed by atoms with Crippen molar-refractivity contribution in [2.75, 3.05) is 0 Å². The van der Waals surface area contributed by atoms with Gasteiger partial charge >= 0.3 is 0 Å². The standard InChI is InChI=1S/C11H17NO2/c1-5-6-9(11(12)14)10(13)8(4)7(2)3/h6H,5H2,1-4H3,(H2,12,14)/b9-6+. The average molecular weight is 195 g/mol. The minimum Gasteiger partial charge on any atom is -0.365 e. The van der Waals surface area contributed by atoms with Crippen LogP contribution in [-0.4, -0.2) is 11.7 Å². The van der Waals surface area contributed by atoms with Crippen LogP contribution >= 0.6 is 0 Å². The third-order valence-electron chi connectivity index (χ3n) is 2.01. The number of ketones is 1. The van der Waals surface area contributed by atoms with Crippen LogP contribution in [0.25, 0.3) is 0 Å². The molecule has 0 atom stereocenters. The summed E-state index contributed by atoms with van der Waals surface area (Å²) < 4.78 is 0. The molecule has 14 heavy (non-hydrogen) atoms. The molecule has 0 aliphatic heterocycles. The highest BCUT2D eigenvalue weighted by molar-refractivity contribution is 6.24. The average Bonchev–Trinajstić information content (AvgIpc) is 2.11. The molecule has 0 bridgehead atoms. The Bertz CT molecular complexity index is 307. The van der Waals surface area contributed by atoms with Crippen molar-refractivity contribution in [1.82, 2.24) is 0 Å². The van der Waals surface area contributed by atoms with Gasteiger partial charge in [-0.2, -0.15) is 0 Å². The van der Waals surface area contributed by atoms with Crippen LogP contribution in [0.5, 0.6) is 0 Å². The Balaban J connectivity index is 5.09. The van der Waals surface area contributed by atoms with Crippen molar-refractivity contribution >= 4 is 11.7 Å². The van der Waals surface area contributed by atoms with Gasteiger partial charge in [0.15, 0.2) is 5.78 Å². The van der Waals surface area contributed by atoms with Crippen LogP contribution < -0.4 is 5.73 Å². The highest BCUT2D eigenvalue weighted by atomic mass is 16.2. The Morgan fingerprint density at radius 1 is 1.21 bits per heavy atom. The van der Waals surface area contributed by atoms with Crippen molar-refractivity contribution < 1.29 is 9.59 Å². The van der Waals surface area contributed by atoms with E-state index in [1.165, 1.54) is 0 Å². The summed E-state index contributed by atoms with van der Waals surface area (Å²) in [7, 11) is 0. The lowest BCUT2D eigenvalue weighted by Crippen LogP contribution is -2.21. The summed E-state index contributed by atoms with van der Waals surface area (Å²) in [5, 5.41) is 0. The van der Waals surface area contributed by atoms with Crippen LogP contribution in [0.4, 0.5) is 0 Å². The number of allylic oxidation sites excluding steroid dienone is 3. The second-order valence-corrected chi connectivity index (χ2v) is 3.34. The number of nitrogens with two attached hydrogens (primary N) is 1. The second kappa shape index (κ2) is 5.37. The molecule has 0 fully saturated rings. The van der Waals surface area contributed by atoms with Crippen LogP contribution in [-0.2, 0) is 9.59 Å². The van der Waals surface area contributed by atoms with Crippen LogP contribution in [0.3, 0.4) is 0 Å². The fraction of sp³-hybridized carbons (Fsp3) is 0.455. The van der Waals surface area contributed by atoms with Gasteiger partial charge in [0.25, 0.3) is 5.91 Å². The maximum atomic E-state index is 11.7. The topological polar surface area (TPSA) is 60.2 Å². The normalized spacial score (nSPS) is 11.0. The lowest BCUT2D eigenvalue weighted by atomic mass is 10.00. The molecule has 0 radical (unpaired) electrons. The number of Topliss-reactive ketones (excluding diaryl/α,β-unsaturated/α-hetero) is 1. The van der Waals surface area contributed by atoms with E-state index in [4.69, 9.17) is 5.73 Å². The molecule has 78 valence electrons. The van der Waals surface area contributed by atoms with Gasteiger partial charge in [0.05, 0.1) is 5.57 Å². The lowest BCUT2D eigenvalue weighted by Gasteiger charge is -2.04. The summed E-state index contributed by atoms with van der Waals surface area (Å²) in [6.45, 7) is 7.22. The Morgan fingerprint density at radius 2 is 1.71 bits per heavy atom.